The van der Waals surface area contributed by atoms with Gasteiger partial charge in [-0.05, 0) is 42.5 Å². The fourth-order valence-electron chi connectivity index (χ4n) is 5.80. The van der Waals surface area contributed by atoms with Gasteiger partial charge in [0.05, 0.1) is 42.4 Å². The zero-order valence-corrected chi connectivity index (χ0v) is 26.0. The number of rotatable bonds is 9. The van der Waals surface area contributed by atoms with Crippen molar-refractivity contribution in [3.8, 4) is 11.8 Å². The third-order valence-corrected chi connectivity index (χ3v) is 8.58. The summed E-state index contributed by atoms with van der Waals surface area (Å²) in [7, 11) is 0. The summed E-state index contributed by atoms with van der Waals surface area (Å²) >= 11 is 0. The summed E-state index contributed by atoms with van der Waals surface area (Å²) in [6.07, 6.45) is 5.05. The van der Waals surface area contributed by atoms with Crippen LogP contribution in [-0.4, -0.2) is 105 Å². The summed E-state index contributed by atoms with van der Waals surface area (Å²) in [4.78, 5) is 32.2. The topological polar surface area (TPSA) is 182 Å². The van der Waals surface area contributed by atoms with Crippen molar-refractivity contribution in [2.24, 2.45) is 32.4 Å². The highest BCUT2D eigenvalue weighted by Crippen LogP contribution is 2.28. The number of ether oxygens (including phenoxy) is 2. The summed E-state index contributed by atoms with van der Waals surface area (Å²) in [5.74, 6) is 0.460. The first-order valence-electron chi connectivity index (χ1n) is 15.4. The number of nitrogens with one attached hydrogen (secondary N) is 1. The number of aliphatic imine (C=N–C) groups is 3. The van der Waals surface area contributed by atoms with Crippen molar-refractivity contribution in [3.63, 3.8) is 0 Å². The Balaban J connectivity index is 1.20. The van der Waals surface area contributed by atoms with Gasteiger partial charge in [-0.2, -0.15) is 5.26 Å². The lowest BCUT2D eigenvalue weighted by molar-refractivity contribution is -0.129. The van der Waals surface area contributed by atoms with Crippen LogP contribution >= 0.6 is 0 Å². The van der Waals surface area contributed by atoms with E-state index in [0.717, 1.165) is 63.8 Å². The quantitative estimate of drug-likeness (QED) is 0.216. The molecule has 2 aromatic rings. The lowest BCUT2D eigenvalue weighted by atomic mass is 9.95. The summed E-state index contributed by atoms with van der Waals surface area (Å²) in [6.45, 7) is 8.63. The molecule has 46 heavy (non-hydrogen) atoms. The predicted molar refractivity (Wildman–Crippen MR) is 179 cm³/mol. The molecule has 2 atom stereocenters. The summed E-state index contributed by atoms with van der Waals surface area (Å²) in [5, 5.41) is 17.3. The Labute approximate surface area is 269 Å². The van der Waals surface area contributed by atoms with Gasteiger partial charge >= 0.3 is 0 Å². The predicted octanol–water partition coefficient (Wildman–Crippen LogP) is 2.28. The van der Waals surface area contributed by atoms with E-state index in [9.17, 15) is 10.1 Å². The van der Waals surface area contributed by atoms with Crippen LogP contribution in [0.4, 0.5) is 11.4 Å². The summed E-state index contributed by atoms with van der Waals surface area (Å²) < 4.78 is 11.6. The molecular weight excluding hydrogens is 584 g/mol. The Bertz CT molecular complexity index is 1550. The Morgan fingerprint density at radius 2 is 1.87 bits per heavy atom. The number of nitrogens with zero attached hydrogens (tertiary/aromatic N) is 7. The number of carbonyl (C=O) groups excluding carboxylic acids is 1. The van der Waals surface area contributed by atoms with Crippen molar-refractivity contribution >= 4 is 42.0 Å². The smallest absolute Gasteiger partial charge is 0.256 e. The maximum atomic E-state index is 12.6. The van der Waals surface area contributed by atoms with Crippen LogP contribution in [0.1, 0.15) is 24.5 Å². The number of likely N-dealkylation sites (tertiary alicyclic amines) is 1. The lowest BCUT2D eigenvalue weighted by Crippen LogP contribution is -2.56. The van der Waals surface area contributed by atoms with Crippen molar-refractivity contribution in [2.45, 2.75) is 25.5 Å². The van der Waals surface area contributed by atoms with Crippen LogP contribution in [0.5, 0.6) is 5.75 Å². The SMILES string of the molecule is C[C@@H]1CN(C(=O)/C(C=N)=C/N)CC[C@@H]1Oc1ccc(C(N=CN)=NC=Nc2ccc(N3CCN(C4COC4)CC3)cc2)cc1C#N. The van der Waals surface area contributed by atoms with E-state index in [1.807, 2.05) is 19.1 Å². The molecule has 13 nitrogen and oxygen atoms in total. The molecule has 0 unspecified atom stereocenters. The highest BCUT2D eigenvalue weighted by atomic mass is 16.5. The first-order valence-corrected chi connectivity index (χ1v) is 15.4. The van der Waals surface area contributed by atoms with Crippen LogP contribution < -0.4 is 21.1 Å². The summed E-state index contributed by atoms with van der Waals surface area (Å²) in [5.41, 5.74) is 14.1. The normalized spacial score (nSPS) is 21.7. The van der Waals surface area contributed by atoms with Gasteiger partial charge in [-0.3, -0.25) is 9.69 Å². The van der Waals surface area contributed by atoms with Crippen molar-refractivity contribution in [3.05, 3.63) is 65.4 Å². The van der Waals surface area contributed by atoms with Gasteiger partial charge in [-0.25, -0.2) is 15.0 Å². The average molecular weight is 625 g/mol. The van der Waals surface area contributed by atoms with Gasteiger partial charge in [0.15, 0.2) is 5.84 Å². The Hall–Kier alpha value is -5.06. The van der Waals surface area contributed by atoms with Gasteiger partial charge < -0.3 is 36.2 Å². The van der Waals surface area contributed by atoms with E-state index in [4.69, 9.17) is 26.4 Å². The number of carbonyl (C=O) groups is 1. The number of hydrogen-bond acceptors (Lipinski definition) is 9. The number of benzene rings is 2. The monoisotopic (exact) mass is 624 g/mol. The minimum absolute atomic E-state index is 0.00405. The van der Waals surface area contributed by atoms with Crippen molar-refractivity contribution in [1.82, 2.24) is 9.80 Å². The fraction of sp³-hybridized carbons (Fsp3) is 0.394. The molecule has 0 bridgehead atoms. The van der Waals surface area contributed by atoms with E-state index in [1.165, 1.54) is 12.0 Å². The number of piperidine rings is 1. The van der Waals surface area contributed by atoms with E-state index in [1.54, 1.807) is 23.1 Å². The number of anilines is 1. The number of hydrogen-bond donors (Lipinski definition) is 3. The number of amides is 1. The van der Waals surface area contributed by atoms with Gasteiger partial charge in [-0.1, -0.05) is 6.92 Å². The minimum atomic E-state index is -0.276. The molecule has 240 valence electrons. The van der Waals surface area contributed by atoms with Crippen molar-refractivity contribution < 1.29 is 14.3 Å². The first kappa shape index (κ1) is 32.3. The highest BCUT2D eigenvalue weighted by Gasteiger charge is 2.32. The third-order valence-electron chi connectivity index (χ3n) is 8.58. The van der Waals surface area contributed by atoms with Crippen molar-refractivity contribution in [2.75, 3.05) is 57.4 Å². The van der Waals surface area contributed by atoms with Crippen LogP contribution in [0.2, 0.25) is 0 Å². The van der Waals surface area contributed by atoms with Crippen LogP contribution in [-0.2, 0) is 9.53 Å². The molecule has 3 aliphatic rings. The van der Waals surface area contributed by atoms with E-state index in [-0.39, 0.29) is 23.5 Å². The molecule has 0 radical (unpaired) electrons. The third kappa shape index (κ3) is 7.59. The molecule has 0 saturated carbocycles. The zero-order valence-electron chi connectivity index (χ0n) is 26.0. The maximum Gasteiger partial charge on any atom is 0.256 e. The average Bonchev–Trinajstić information content (AvgIpc) is 3.06. The van der Waals surface area contributed by atoms with Gasteiger partial charge in [0.2, 0.25) is 0 Å². The van der Waals surface area contributed by atoms with Gasteiger partial charge in [0.25, 0.3) is 5.91 Å². The Kier molecular flexibility index (Phi) is 10.7. The number of amidine groups is 1. The molecule has 2 aromatic carbocycles. The van der Waals surface area contributed by atoms with Crippen LogP contribution in [0, 0.1) is 22.7 Å². The van der Waals surface area contributed by atoms with Crippen LogP contribution in [0.25, 0.3) is 0 Å². The van der Waals surface area contributed by atoms with Crippen LogP contribution in [0.3, 0.4) is 0 Å². The molecule has 0 aliphatic carbocycles. The van der Waals surface area contributed by atoms with Crippen molar-refractivity contribution in [1.29, 1.82) is 10.7 Å². The van der Waals surface area contributed by atoms with E-state index < -0.39 is 0 Å². The molecule has 1 amide bonds. The Morgan fingerprint density at radius 3 is 2.48 bits per heavy atom. The second-order valence-electron chi connectivity index (χ2n) is 11.5. The Morgan fingerprint density at radius 1 is 1.11 bits per heavy atom. The van der Waals surface area contributed by atoms with Gasteiger partial charge in [-0.15, -0.1) is 0 Å². The lowest BCUT2D eigenvalue weighted by Gasteiger charge is -2.43. The molecule has 3 fully saturated rings. The van der Waals surface area contributed by atoms with Gasteiger partial charge in [0, 0.05) is 75.3 Å². The highest BCUT2D eigenvalue weighted by molar-refractivity contribution is 6.11. The molecule has 0 aromatic heterocycles. The molecule has 13 heteroatoms. The number of nitriles is 1. The molecule has 3 heterocycles. The zero-order chi connectivity index (χ0) is 32.5. The fourth-order valence-corrected chi connectivity index (χ4v) is 5.80. The molecular formula is C33H40N10O3. The van der Waals surface area contributed by atoms with Crippen LogP contribution in [0.15, 0.2) is 69.2 Å². The molecule has 0 spiro atoms. The van der Waals surface area contributed by atoms with Gasteiger partial charge in [0.1, 0.15) is 24.3 Å². The standard InChI is InChI=1S/C33H40N10O3/c1-23-18-43(33(44)26(16-35)17-36)9-8-30(23)46-31-7-2-24(14-25(31)15-34)32(38-21-37)40-22-39-27-3-5-28(6-4-27)41-10-12-42(13-11-41)29-19-45-20-29/h2-7,14,16-17,21-23,29-30,35H,8-13,18-20,36H2,1H3,(H2,37,38,39,40)/b26-17+,35-16?/t23-,30+/m1/s1. The second kappa shape index (κ2) is 15.3. The maximum absolute atomic E-state index is 12.6. The number of piperazine rings is 1. The molecule has 5 rings (SSSR count). The molecule has 3 saturated heterocycles. The molecule has 3 aliphatic heterocycles. The minimum Gasteiger partial charge on any atom is -0.489 e. The second-order valence-corrected chi connectivity index (χ2v) is 11.5. The largest absolute Gasteiger partial charge is 0.489 e. The first-order chi connectivity index (χ1) is 22.4. The van der Waals surface area contributed by atoms with E-state index in [2.05, 4.69) is 43.0 Å². The van der Waals surface area contributed by atoms with E-state index >= 15 is 0 Å². The summed E-state index contributed by atoms with van der Waals surface area (Å²) in [6, 6.07) is 16.0. The molecule has 5 N–H and O–H groups in total. The number of nitrogens with two attached hydrogens (primary N) is 2. The van der Waals surface area contributed by atoms with E-state index in [0.29, 0.717) is 48.3 Å².